The number of nitrogens with one attached hydrogen (secondary N) is 3. The Balaban J connectivity index is 1.88. The van der Waals surface area contributed by atoms with Gasteiger partial charge in [0.05, 0.1) is 12.3 Å². The van der Waals surface area contributed by atoms with Crippen LogP contribution in [0.3, 0.4) is 0 Å². The highest BCUT2D eigenvalue weighted by Crippen LogP contribution is 2.18. The van der Waals surface area contributed by atoms with E-state index in [1.54, 1.807) is 0 Å². The fourth-order valence-electron chi connectivity index (χ4n) is 2.04. The van der Waals surface area contributed by atoms with Crippen molar-refractivity contribution < 1.29 is 17.6 Å². The van der Waals surface area contributed by atoms with E-state index in [1.165, 1.54) is 42.4 Å². The molecule has 2 rings (SSSR count). The van der Waals surface area contributed by atoms with Crippen LogP contribution in [0.15, 0.2) is 35.7 Å². The van der Waals surface area contributed by atoms with Crippen LogP contribution >= 0.6 is 11.8 Å². The average molecular weight is 387 g/mol. The van der Waals surface area contributed by atoms with Crippen LogP contribution in [0.25, 0.3) is 0 Å². The van der Waals surface area contributed by atoms with Crippen molar-refractivity contribution in [2.45, 2.75) is 17.6 Å². The maximum atomic E-state index is 13.0. The van der Waals surface area contributed by atoms with Gasteiger partial charge in [-0.15, -0.1) is 0 Å². The van der Waals surface area contributed by atoms with Gasteiger partial charge in [-0.05, 0) is 17.7 Å². The summed E-state index contributed by atoms with van der Waals surface area (Å²) in [5.74, 6) is -0.166. The molecule has 136 valence electrons. The van der Waals surface area contributed by atoms with Crippen molar-refractivity contribution in [3.05, 3.63) is 42.0 Å². The summed E-state index contributed by atoms with van der Waals surface area (Å²) in [5.41, 5.74) is 0.512. The summed E-state index contributed by atoms with van der Waals surface area (Å²) in [6, 6.07) is 4.57. The van der Waals surface area contributed by atoms with Crippen LogP contribution in [0, 0.1) is 5.82 Å². The summed E-state index contributed by atoms with van der Waals surface area (Å²) in [6.07, 6.45) is 2.31. The molecule has 11 heteroatoms. The number of amides is 1. The minimum Gasteiger partial charge on any atom is -0.355 e. The summed E-state index contributed by atoms with van der Waals surface area (Å²) < 4.78 is 38.5. The number of hydrogen-bond donors (Lipinski definition) is 3. The van der Waals surface area contributed by atoms with Gasteiger partial charge in [0.1, 0.15) is 12.1 Å². The summed E-state index contributed by atoms with van der Waals surface area (Å²) in [5, 5.41) is 9.77. The molecule has 8 nitrogen and oxygen atoms in total. The van der Waals surface area contributed by atoms with Gasteiger partial charge in [-0.2, -0.15) is 5.10 Å². The van der Waals surface area contributed by atoms with Crippen molar-refractivity contribution in [2.75, 3.05) is 18.6 Å². The molecule has 2 aromatic rings. The van der Waals surface area contributed by atoms with Gasteiger partial charge in [-0.3, -0.25) is 9.89 Å². The lowest BCUT2D eigenvalue weighted by molar-refractivity contribution is -0.121. The molecule has 0 spiro atoms. The molecule has 0 aliphatic rings. The van der Waals surface area contributed by atoms with Crippen LogP contribution in [0.4, 0.5) is 4.39 Å². The Bertz CT molecular complexity index is 781. The van der Waals surface area contributed by atoms with E-state index in [2.05, 4.69) is 25.2 Å². The van der Waals surface area contributed by atoms with Crippen LogP contribution in [0.1, 0.15) is 18.0 Å². The Kier molecular flexibility index (Phi) is 6.91. The molecular formula is C14H18FN5O3S2. The van der Waals surface area contributed by atoms with Gasteiger partial charge in [0.2, 0.25) is 15.9 Å². The fourth-order valence-corrected chi connectivity index (χ4v) is 3.41. The quantitative estimate of drug-likeness (QED) is 0.433. The molecule has 1 aromatic carbocycles. The first-order chi connectivity index (χ1) is 11.8. The van der Waals surface area contributed by atoms with Crippen LogP contribution in [-0.4, -0.2) is 48.1 Å². The molecule has 0 saturated heterocycles. The van der Waals surface area contributed by atoms with Crippen LogP contribution < -0.4 is 10.0 Å². The molecule has 0 aliphatic heterocycles. The van der Waals surface area contributed by atoms with Gasteiger partial charge in [-0.25, -0.2) is 22.5 Å². The highest BCUT2D eigenvalue weighted by molar-refractivity contribution is 7.99. The number of carbonyl (C=O) groups excluding carboxylic acids is 1. The Morgan fingerprint density at radius 2 is 2.08 bits per heavy atom. The SMILES string of the molecule is CS(=O)(=O)N[C@H](CC(=O)NCCSc1ncn[nH]1)c1ccc(F)cc1. The maximum Gasteiger partial charge on any atom is 0.221 e. The van der Waals surface area contributed by atoms with Crippen molar-refractivity contribution in [3.8, 4) is 0 Å². The smallest absolute Gasteiger partial charge is 0.221 e. The second-order valence-corrected chi connectivity index (χ2v) is 8.05. The first-order valence-corrected chi connectivity index (χ1v) is 10.2. The summed E-state index contributed by atoms with van der Waals surface area (Å²) >= 11 is 1.40. The molecule has 0 aliphatic carbocycles. The molecule has 1 aromatic heterocycles. The Labute approximate surface area is 149 Å². The first-order valence-electron chi connectivity index (χ1n) is 7.31. The number of sulfonamides is 1. The summed E-state index contributed by atoms with van der Waals surface area (Å²) in [4.78, 5) is 16.0. The van der Waals surface area contributed by atoms with Gasteiger partial charge >= 0.3 is 0 Å². The van der Waals surface area contributed by atoms with Gasteiger partial charge in [0.25, 0.3) is 0 Å². The van der Waals surface area contributed by atoms with Gasteiger partial charge in [-0.1, -0.05) is 23.9 Å². The molecule has 25 heavy (non-hydrogen) atoms. The number of H-pyrrole nitrogens is 1. The number of nitrogens with zero attached hydrogens (tertiary/aromatic N) is 2. The van der Waals surface area contributed by atoms with Crippen molar-refractivity contribution >= 4 is 27.7 Å². The van der Waals surface area contributed by atoms with Crippen LogP contribution in [0.2, 0.25) is 0 Å². The van der Waals surface area contributed by atoms with E-state index < -0.39 is 21.9 Å². The van der Waals surface area contributed by atoms with E-state index in [-0.39, 0.29) is 12.3 Å². The zero-order valence-corrected chi connectivity index (χ0v) is 15.0. The van der Waals surface area contributed by atoms with Gasteiger partial charge < -0.3 is 5.32 Å². The lowest BCUT2D eigenvalue weighted by atomic mass is 10.0. The van der Waals surface area contributed by atoms with Crippen LogP contribution in [0.5, 0.6) is 0 Å². The largest absolute Gasteiger partial charge is 0.355 e. The number of benzene rings is 1. The predicted octanol–water partition coefficient (Wildman–Crippen LogP) is 0.833. The number of aromatic nitrogens is 3. The third kappa shape index (κ3) is 7.20. The summed E-state index contributed by atoms with van der Waals surface area (Å²) in [6.45, 7) is 0.388. The number of rotatable bonds is 9. The average Bonchev–Trinajstić information content (AvgIpc) is 3.04. The predicted molar refractivity (Wildman–Crippen MR) is 91.9 cm³/mol. The van der Waals surface area contributed by atoms with E-state index in [9.17, 15) is 17.6 Å². The standard InChI is InChI=1S/C14H18FN5O3S2/c1-25(22,23)20-12(10-2-4-11(15)5-3-10)8-13(21)16-6-7-24-14-17-9-18-19-14/h2-5,9,12,20H,6-8H2,1H3,(H,16,21)(H,17,18,19)/t12-/m1/s1. The molecule has 1 amide bonds. The minimum absolute atomic E-state index is 0.0916. The molecule has 1 atom stereocenters. The van der Waals surface area contributed by atoms with E-state index in [1.807, 2.05) is 0 Å². The van der Waals surface area contributed by atoms with E-state index in [4.69, 9.17) is 0 Å². The normalized spacial score (nSPS) is 12.7. The van der Waals surface area contributed by atoms with E-state index in [0.29, 0.717) is 23.0 Å². The van der Waals surface area contributed by atoms with E-state index >= 15 is 0 Å². The number of aromatic amines is 1. The number of halogens is 1. The third-order valence-corrected chi connectivity index (χ3v) is 4.67. The Morgan fingerprint density at radius 3 is 2.68 bits per heavy atom. The number of hydrogen-bond acceptors (Lipinski definition) is 6. The molecule has 1 heterocycles. The van der Waals surface area contributed by atoms with E-state index in [0.717, 1.165) is 6.26 Å². The lowest BCUT2D eigenvalue weighted by Gasteiger charge is -2.17. The molecular weight excluding hydrogens is 369 g/mol. The molecule has 3 N–H and O–H groups in total. The monoisotopic (exact) mass is 387 g/mol. The molecule has 0 saturated carbocycles. The Hall–Kier alpha value is -1.98. The molecule has 0 bridgehead atoms. The molecule has 0 unspecified atom stereocenters. The van der Waals surface area contributed by atoms with Gasteiger partial charge in [0, 0.05) is 18.7 Å². The third-order valence-electron chi connectivity index (χ3n) is 3.07. The van der Waals surface area contributed by atoms with Gasteiger partial charge in [0.15, 0.2) is 5.16 Å². The van der Waals surface area contributed by atoms with Crippen LogP contribution in [-0.2, 0) is 14.8 Å². The van der Waals surface area contributed by atoms with Crippen molar-refractivity contribution in [3.63, 3.8) is 0 Å². The van der Waals surface area contributed by atoms with Crippen molar-refractivity contribution in [1.82, 2.24) is 25.2 Å². The van der Waals surface area contributed by atoms with Crippen molar-refractivity contribution in [1.29, 1.82) is 0 Å². The van der Waals surface area contributed by atoms with Crippen molar-refractivity contribution in [2.24, 2.45) is 0 Å². The zero-order valence-electron chi connectivity index (χ0n) is 13.4. The second kappa shape index (κ2) is 8.92. The summed E-state index contributed by atoms with van der Waals surface area (Å²) in [7, 11) is -3.53. The highest BCUT2D eigenvalue weighted by atomic mass is 32.2. The lowest BCUT2D eigenvalue weighted by Crippen LogP contribution is -2.34. The minimum atomic E-state index is -3.53. The first kappa shape index (κ1) is 19.3. The fraction of sp³-hybridized carbons (Fsp3) is 0.357. The zero-order chi connectivity index (χ0) is 18.3. The maximum absolute atomic E-state index is 13.0. The number of thioether (sulfide) groups is 1. The second-order valence-electron chi connectivity index (χ2n) is 5.19. The molecule has 0 fully saturated rings. The highest BCUT2D eigenvalue weighted by Gasteiger charge is 2.19. The Morgan fingerprint density at radius 1 is 1.36 bits per heavy atom. The molecule has 0 radical (unpaired) electrons. The topological polar surface area (TPSA) is 117 Å². The number of carbonyl (C=O) groups is 1.